The highest BCUT2D eigenvalue weighted by molar-refractivity contribution is 7.17. The van der Waals surface area contributed by atoms with Crippen molar-refractivity contribution >= 4 is 50.7 Å². The summed E-state index contributed by atoms with van der Waals surface area (Å²) in [6, 6.07) is 4.99. The van der Waals surface area contributed by atoms with E-state index in [0.717, 1.165) is 4.70 Å². The standard InChI is InChI=1S/C16H15ClN4O3S.C2H6/c1-24-12-3-2-9(17)6-11(12)20-15(23)10-8-25-13-7-19-16(18-4-5-22)21-14(10)13;1-2/h2-3,6-8,22H,4-5H2,1H3,(H,20,23)(H,18,19,21);1-2H3. The van der Waals surface area contributed by atoms with Gasteiger partial charge in [0, 0.05) is 16.9 Å². The molecule has 0 aliphatic rings. The van der Waals surface area contributed by atoms with Gasteiger partial charge < -0.3 is 20.5 Å². The first-order valence-corrected chi connectivity index (χ1v) is 9.62. The van der Waals surface area contributed by atoms with E-state index in [2.05, 4.69) is 20.6 Å². The molecule has 0 saturated carbocycles. The molecule has 2 aromatic heterocycles. The van der Waals surface area contributed by atoms with Gasteiger partial charge in [-0.1, -0.05) is 25.4 Å². The van der Waals surface area contributed by atoms with Gasteiger partial charge in [0.2, 0.25) is 5.95 Å². The van der Waals surface area contributed by atoms with E-state index in [4.69, 9.17) is 21.4 Å². The van der Waals surface area contributed by atoms with E-state index in [-0.39, 0.29) is 12.5 Å². The molecule has 0 unspecified atom stereocenters. The number of methoxy groups -OCH3 is 1. The van der Waals surface area contributed by atoms with Gasteiger partial charge >= 0.3 is 0 Å². The second kappa shape index (κ2) is 10.1. The number of carbonyl (C=O) groups excluding carboxylic acids is 1. The summed E-state index contributed by atoms with van der Waals surface area (Å²) in [5.41, 5.74) is 1.45. The number of nitrogens with zero attached hydrogens (tertiary/aromatic N) is 2. The van der Waals surface area contributed by atoms with E-state index in [9.17, 15) is 4.79 Å². The summed E-state index contributed by atoms with van der Waals surface area (Å²) in [5.74, 6) is 0.546. The third kappa shape index (κ3) is 5.06. The molecule has 3 N–H and O–H groups in total. The van der Waals surface area contributed by atoms with Crippen LogP contribution in [0.25, 0.3) is 10.2 Å². The number of benzene rings is 1. The van der Waals surface area contributed by atoms with Crippen LogP contribution in [0.4, 0.5) is 11.6 Å². The number of ether oxygens (including phenoxy) is 1. The van der Waals surface area contributed by atoms with Crippen molar-refractivity contribution in [2.24, 2.45) is 0 Å². The van der Waals surface area contributed by atoms with Gasteiger partial charge in [0.05, 0.1) is 41.4 Å². The Morgan fingerprint density at radius 2 is 2.15 bits per heavy atom. The third-order valence-corrected chi connectivity index (χ3v) is 4.50. The van der Waals surface area contributed by atoms with Gasteiger partial charge in [-0.25, -0.2) is 9.97 Å². The Morgan fingerprint density at radius 3 is 2.85 bits per heavy atom. The zero-order valence-corrected chi connectivity index (χ0v) is 16.8. The molecule has 0 aliphatic carbocycles. The van der Waals surface area contributed by atoms with E-state index < -0.39 is 0 Å². The Balaban J connectivity index is 0.00000126. The zero-order valence-electron chi connectivity index (χ0n) is 15.2. The highest BCUT2D eigenvalue weighted by Crippen LogP contribution is 2.30. The van der Waals surface area contributed by atoms with E-state index >= 15 is 0 Å². The Kier molecular flexibility index (Phi) is 7.78. The van der Waals surface area contributed by atoms with Crippen LogP contribution in [0.5, 0.6) is 5.75 Å². The summed E-state index contributed by atoms with van der Waals surface area (Å²) < 4.78 is 6.03. The quantitative estimate of drug-likeness (QED) is 0.569. The molecule has 0 atom stereocenters. The van der Waals surface area contributed by atoms with Gasteiger partial charge in [0.25, 0.3) is 5.91 Å². The Morgan fingerprint density at radius 1 is 1.37 bits per heavy atom. The average Bonchev–Trinajstić information content (AvgIpc) is 3.11. The highest BCUT2D eigenvalue weighted by Gasteiger charge is 2.16. The number of halogens is 1. The van der Waals surface area contributed by atoms with Crippen LogP contribution < -0.4 is 15.4 Å². The topological polar surface area (TPSA) is 96.4 Å². The monoisotopic (exact) mass is 408 g/mol. The van der Waals surface area contributed by atoms with E-state index in [1.54, 1.807) is 29.8 Å². The average molecular weight is 409 g/mol. The molecule has 2 heterocycles. The molecule has 0 saturated heterocycles. The van der Waals surface area contributed by atoms with Gasteiger partial charge in [-0.3, -0.25) is 4.79 Å². The van der Waals surface area contributed by atoms with Crippen molar-refractivity contribution in [3.8, 4) is 5.75 Å². The number of carbonyl (C=O) groups is 1. The lowest BCUT2D eigenvalue weighted by atomic mass is 10.2. The summed E-state index contributed by atoms with van der Waals surface area (Å²) in [7, 11) is 1.52. The smallest absolute Gasteiger partial charge is 0.258 e. The lowest BCUT2D eigenvalue weighted by Gasteiger charge is -2.10. The predicted octanol–water partition coefficient (Wildman–Crippen LogP) is 4.04. The van der Waals surface area contributed by atoms with Gasteiger partial charge in [-0.15, -0.1) is 11.3 Å². The van der Waals surface area contributed by atoms with Crippen LogP contribution in [-0.4, -0.2) is 41.2 Å². The molecule has 0 fully saturated rings. The van der Waals surface area contributed by atoms with Crippen molar-refractivity contribution < 1.29 is 14.6 Å². The zero-order chi connectivity index (χ0) is 19.8. The van der Waals surface area contributed by atoms with Crippen LogP contribution in [-0.2, 0) is 0 Å². The molecule has 0 aliphatic heterocycles. The van der Waals surface area contributed by atoms with Crippen molar-refractivity contribution in [3.63, 3.8) is 0 Å². The summed E-state index contributed by atoms with van der Waals surface area (Å²) in [6.07, 6.45) is 1.64. The lowest BCUT2D eigenvalue weighted by Crippen LogP contribution is -2.13. The second-order valence-corrected chi connectivity index (χ2v) is 6.35. The largest absolute Gasteiger partial charge is 0.495 e. The van der Waals surface area contributed by atoms with E-state index in [0.29, 0.717) is 40.0 Å². The van der Waals surface area contributed by atoms with Crippen LogP contribution in [0.3, 0.4) is 0 Å². The van der Waals surface area contributed by atoms with Gasteiger partial charge in [-0.05, 0) is 18.2 Å². The number of amides is 1. The minimum absolute atomic E-state index is 0.0348. The molecular weight excluding hydrogens is 388 g/mol. The second-order valence-electron chi connectivity index (χ2n) is 5.00. The van der Waals surface area contributed by atoms with Crippen molar-refractivity contribution in [1.82, 2.24) is 9.97 Å². The maximum atomic E-state index is 12.7. The van der Waals surface area contributed by atoms with E-state index in [1.807, 2.05) is 13.8 Å². The molecule has 0 spiro atoms. The number of aliphatic hydroxyl groups excluding tert-OH is 1. The normalized spacial score (nSPS) is 10.1. The highest BCUT2D eigenvalue weighted by atomic mass is 35.5. The summed E-state index contributed by atoms with van der Waals surface area (Å²) >= 11 is 7.37. The fourth-order valence-electron chi connectivity index (χ4n) is 2.21. The van der Waals surface area contributed by atoms with Gasteiger partial charge in [0.15, 0.2) is 0 Å². The van der Waals surface area contributed by atoms with Crippen LogP contribution in [0.1, 0.15) is 24.2 Å². The molecule has 144 valence electrons. The predicted molar refractivity (Wildman–Crippen MR) is 110 cm³/mol. The first-order chi connectivity index (χ1) is 13.1. The SMILES string of the molecule is CC.COc1ccc(Cl)cc1NC(=O)c1csc2cnc(NCCO)nc12. The third-order valence-electron chi connectivity index (χ3n) is 3.36. The van der Waals surface area contributed by atoms with Crippen LogP contribution in [0.15, 0.2) is 29.8 Å². The number of rotatable bonds is 6. The van der Waals surface area contributed by atoms with Crippen molar-refractivity contribution in [2.45, 2.75) is 13.8 Å². The molecular formula is C18H21ClN4O3S. The maximum Gasteiger partial charge on any atom is 0.258 e. The maximum absolute atomic E-state index is 12.7. The molecule has 3 aromatic rings. The first-order valence-electron chi connectivity index (χ1n) is 8.36. The Labute approximate surface area is 166 Å². The van der Waals surface area contributed by atoms with E-state index in [1.165, 1.54) is 18.4 Å². The van der Waals surface area contributed by atoms with Crippen molar-refractivity contribution in [2.75, 3.05) is 30.9 Å². The van der Waals surface area contributed by atoms with Gasteiger partial charge in [0.1, 0.15) is 5.75 Å². The molecule has 9 heteroatoms. The first kappa shape index (κ1) is 20.9. The van der Waals surface area contributed by atoms with Crippen LogP contribution in [0.2, 0.25) is 5.02 Å². The number of thiophene rings is 1. The number of anilines is 2. The fraction of sp³-hybridized carbons (Fsp3) is 0.278. The molecule has 1 aromatic carbocycles. The summed E-state index contributed by atoms with van der Waals surface area (Å²) in [4.78, 5) is 21.2. The molecule has 27 heavy (non-hydrogen) atoms. The molecule has 7 nitrogen and oxygen atoms in total. The fourth-order valence-corrected chi connectivity index (χ4v) is 3.23. The van der Waals surface area contributed by atoms with Crippen molar-refractivity contribution in [1.29, 1.82) is 0 Å². The number of hydrogen-bond acceptors (Lipinski definition) is 7. The summed E-state index contributed by atoms with van der Waals surface area (Å²) in [6.45, 7) is 4.30. The number of aromatic nitrogens is 2. The minimum atomic E-state index is -0.321. The van der Waals surface area contributed by atoms with Crippen LogP contribution in [0, 0.1) is 0 Å². The number of aliphatic hydroxyl groups is 1. The van der Waals surface area contributed by atoms with Crippen LogP contribution >= 0.6 is 22.9 Å². The molecule has 0 radical (unpaired) electrons. The molecule has 0 bridgehead atoms. The molecule has 3 rings (SSSR count). The Hall–Kier alpha value is -2.42. The number of hydrogen-bond donors (Lipinski definition) is 3. The van der Waals surface area contributed by atoms with Gasteiger partial charge in [-0.2, -0.15) is 0 Å². The number of nitrogens with one attached hydrogen (secondary N) is 2. The Bertz CT molecular complexity index is 917. The van der Waals surface area contributed by atoms with Crippen molar-refractivity contribution in [3.05, 3.63) is 40.4 Å². The lowest BCUT2D eigenvalue weighted by molar-refractivity contribution is 0.102. The summed E-state index contributed by atoms with van der Waals surface area (Å²) in [5, 5.41) is 16.8. The minimum Gasteiger partial charge on any atom is -0.495 e. The number of fused-ring (bicyclic) bond motifs is 1. The molecule has 1 amide bonds.